The Hall–Kier alpha value is -1.04. The zero-order chi connectivity index (χ0) is 12.8. The molecule has 0 saturated heterocycles. The van der Waals surface area contributed by atoms with Crippen molar-refractivity contribution in [2.45, 2.75) is 26.7 Å². The molecule has 0 aromatic heterocycles. The first kappa shape index (κ1) is 13.4. The Labute approximate surface area is 116 Å². The van der Waals surface area contributed by atoms with Gasteiger partial charge in [0.05, 0.1) is 0 Å². The van der Waals surface area contributed by atoms with Crippen molar-refractivity contribution in [3.8, 4) is 0 Å². The van der Waals surface area contributed by atoms with E-state index in [2.05, 4.69) is 67.4 Å². The fourth-order valence-electron chi connectivity index (χ4n) is 1.86. The van der Waals surface area contributed by atoms with E-state index in [1.165, 1.54) is 28.1 Å². The van der Waals surface area contributed by atoms with Gasteiger partial charge >= 0.3 is 116 Å². The zero-order valence-electron chi connectivity index (χ0n) is 11.1. The van der Waals surface area contributed by atoms with Gasteiger partial charge in [-0.15, -0.1) is 0 Å². The van der Waals surface area contributed by atoms with Crippen molar-refractivity contribution >= 4 is 30.2 Å². The van der Waals surface area contributed by atoms with Crippen LogP contribution >= 0.6 is 0 Å². The molecule has 2 aromatic carbocycles. The Kier molecular flexibility index (Phi) is 5.04. The average Bonchev–Trinajstić information content (AvgIpc) is 2.38. The number of allylic oxidation sites excluding steroid dienone is 1. The van der Waals surface area contributed by atoms with Gasteiger partial charge in [0.15, 0.2) is 0 Å². The van der Waals surface area contributed by atoms with Crippen LogP contribution in [0.3, 0.4) is 0 Å². The van der Waals surface area contributed by atoms with E-state index >= 15 is 0 Å². The second-order valence-electron chi connectivity index (χ2n) is 4.97. The third-order valence-electron chi connectivity index (χ3n) is 2.93. The van der Waals surface area contributed by atoms with Gasteiger partial charge in [-0.3, -0.25) is 0 Å². The van der Waals surface area contributed by atoms with Crippen molar-refractivity contribution in [2.75, 3.05) is 0 Å². The number of hydrogen-bond donors (Lipinski definition) is 0. The molecule has 0 heterocycles. The molecule has 94 valence electrons. The predicted octanol–water partition coefficient (Wildman–Crippen LogP) is 4.12. The SMILES string of the molecule is CC(C)CC/C=C/[Se]c1ccc2ccccc2c1. The molecule has 0 N–H and O–H groups in total. The Balaban J connectivity index is 1.95. The molecule has 0 saturated carbocycles. The minimum atomic E-state index is 0.473. The van der Waals surface area contributed by atoms with E-state index < -0.39 is 0 Å². The standard InChI is InChI=1S/C17H20Se/c1-14(2)7-5-6-12-18-17-11-10-15-8-3-4-9-16(15)13-17/h3-4,6,8-14H,5,7H2,1-2H3/b12-6+. The maximum atomic E-state index is 2.36. The van der Waals surface area contributed by atoms with Crippen LogP contribution in [0.25, 0.3) is 10.8 Å². The van der Waals surface area contributed by atoms with Crippen LogP contribution in [0.4, 0.5) is 0 Å². The predicted molar refractivity (Wildman–Crippen MR) is 82.5 cm³/mol. The molecule has 0 aliphatic heterocycles. The molecular formula is C17H20Se. The molecule has 0 unspecified atom stereocenters. The Bertz CT molecular complexity index is 526. The molecule has 0 nitrogen and oxygen atoms in total. The van der Waals surface area contributed by atoms with Gasteiger partial charge < -0.3 is 0 Å². The number of fused-ring (bicyclic) bond motifs is 1. The second-order valence-corrected chi connectivity index (χ2v) is 7.02. The van der Waals surface area contributed by atoms with Gasteiger partial charge in [0.2, 0.25) is 0 Å². The zero-order valence-corrected chi connectivity index (χ0v) is 12.8. The van der Waals surface area contributed by atoms with Gasteiger partial charge in [-0.1, -0.05) is 0 Å². The Morgan fingerprint density at radius 1 is 1.06 bits per heavy atom. The van der Waals surface area contributed by atoms with Gasteiger partial charge in [-0.05, 0) is 0 Å². The van der Waals surface area contributed by atoms with Crippen molar-refractivity contribution in [1.82, 2.24) is 0 Å². The van der Waals surface area contributed by atoms with Crippen LogP contribution in [0.15, 0.2) is 53.5 Å². The third kappa shape index (κ3) is 4.01. The van der Waals surface area contributed by atoms with E-state index in [-0.39, 0.29) is 0 Å². The van der Waals surface area contributed by atoms with Gasteiger partial charge in [-0.2, -0.15) is 0 Å². The van der Waals surface area contributed by atoms with Crippen LogP contribution in [-0.4, -0.2) is 15.0 Å². The van der Waals surface area contributed by atoms with Gasteiger partial charge in [0.1, 0.15) is 0 Å². The van der Waals surface area contributed by atoms with E-state index in [4.69, 9.17) is 0 Å². The van der Waals surface area contributed by atoms with Crippen LogP contribution < -0.4 is 4.46 Å². The van der Waals surface area contributed by atoms with E-state index in [1.54, 1.807) is 0 Å². The fraction of sp³-hybridized carbons (Fsp3) is 0.294. The third-order valence-corrected chi connectivity index (χ3v) is 4.73. The quantitative estimate of drug-likeness (QED) is 0.729. The molecule has 0 fully saturated rings. The normalized spacial score (nSPS) is 11.7. The Morgan fingerprint density at radius 2 is 1.83 bits per heavy atom. The number of rotatable bonds is 5. The van der Waals surface area contributed by atoms with Gasteiger partial charge in [0.25, 0.3) is 0 Å². The van der Waals surface area contributed by atoms with Crippen molar-refractivity contribution in [3.63, 3.8) is 0 Å². The van der Waals surface area contributed by atoms with Crippen LogP contribution in [0.1, 0.15) is 26.7 Å². The molecule has 0 aliphatic carbocycles. The van der Waals surface area contributed by atoms with Crippen LogP contribution in [0, 0.1) is 5.92 Å². The topological polar surface area (TPSA) is 0 Å². The van der Waals surface area contributed by atoms with Crippen molar-refractivity contribution in [1.29, 1.82) is 0 Å². The molecule has 2 aromatic rings. The summed E-state index contributed by atoms with van der Waals surface area (Å²) in [6, 6.07) is 15.4. The minimum absolute atomic E-state index is 0.473. The molecule has 2 rings (SSSR count). The first-order valence-electron chi connectivity index (χ1n) is 6.56. The summed E-state index contributed by atoms with van der Waals surface area (Å²) < 4.78 is 1.46. The first-order chi connectivity index (χ1) is 8.75. The molecular weight excluding hydrogens is 283 g/mol. The number of benzene rings is 2. The maximum absolute atomic E-state index is 2.36. The van der Waals surface area contributed by atoms with Gasteiger partial charge in [-0.25, -0.2) is 0 Å². The van der Waals surface area contributed by atoms with Crippen molar-refractivity contribution < 1.29 is 0 Å². The summed E-state index contributed by atoms with van der Waals surface area (Å²) in [5.41, 5.74) is 0. The molecule has 0 radical (unpaired) electrons. The van der Waals surface area contributed by atoms with E-state index in [9.17, 15) is 0 Å². The summed E-state index contributed by atoms with van der Waals surface area (Å²) in [6.45, 7) is 4.56. The second kappa shape index (κ2) is 6.78. The summed E-state index contributed by atoms with van der Waals surface area (Å²) in [5, 5.41) is 2.69. The molecule has 1 heteroatoms. The molecule has 0 aliphatic rings. The number of hydrogen-bond acceptors (Lipinski definition) is 0. The molecule has 0 spiro atoms. The average molecular weight is 303 g/mol. The van der Waals surface area contributed by atoms with E-state index in [0.29, 0.717) is 15.0 Å². The van der Waals surface area contributed by atoms with Gasteiger partial charge in [0, 0.05) is 0 Å². The van der Waals surface area contributed by atoms with Crippen LogP contribution in [-0.2, 0) is 0 Å². The van der Waals surface area contributed by atoms with Crippen LogP contribution in [0.2, 0.25) is 0 Å². The summed E-state index contributed by atoms with van der Waals surface area (Å²) in [6.07, 6.45) is 4.85. The first-order valence-corrected chi connectivity index (χ1v) is 8.41. The summed E-state index contributed by atoms with van der Waals surface area (Å²) in [4.78, 5) is 2.36. The van der Waals surface area contributed by atoms with Crippen molar-refractivity contribution in [3.05, 3.63) is 53.5 Å². The van der Waals surface area contributed by atoms with Crippen molar-refractivity contribution in [2.24, 2.45) is 5.92 Å². The fourth-order valence-corrected chi connectivity index (χ4v) is 3.40. The molecule has 0 bridgehead atoms. The molecule has 0 amide bonds. The molecule has 18 heavy (non-hydrogen) atoms. The molecule has 0 atom stereocenters. The Morgan fingerprint density at radius 3 is 2.61 bits per heavy atom. The van der Waals surface area contributed by atoms with E-state index in [1.807, 2.05) is 0 Å². The van der Waals surface area contributed by atoms with E-state index in [0.717, 1.165) is 5.92 Å². The monoisotopic (exact) mass is 304 g/mol. The summed E-state index contributed by atoms with van der Waals surface area (Å²) in [7, 11) is 0. The van der Waals surface area contributed by atoms with Crippen LogP contribution in [0.5, 0.6) is 0 Å². The summed E-state index contributed by atoms with van der Waals surface area (Å²) >= 11 is 0.473. The summed E-state index contributed by atoms with van der Waals surface area (Å²) in [5.74, 6) is 0.808.